The van der Waals surface area contributed by atoms with Crippen LogP contribution in [0.2, 0.25) is 0 Å². The van der Waals surface area contributed by atoms with Gasteiger partial charge in [0.25, 0.3) is 0 Å². The standard InChI is InChI=1S/C23H29N3O2/c1-17(2)14-21(27)26-13-10-23(16-26,22(28)24-3)15-19-6-4-5-7-20(19)18-8-11-25-12-9-18/h4-9,11-12,17H,10,13-16H2,1-3H3,(H,24,28)/t23-/m1/s1. The SMILES string of the molecule is CNC(=O)[C@@]1(Cc2ccccc2-c2ccncc2)CCN(C(=O)CC(C)C)C1. The highest BCUT2D eigenvalue weighted by Crippen LogP contribution is 2.37. The molecule has 0 saturated carbocycles. The molecule has 0 aliphatic carbocycles. The number of rotatable bonds is 6. The molecular weight excluding hydrogens is 350 g/mol. The Morgan fingerprint density at radius 1 is 1.18 bits per heavy atom. The number of carbonyl (C=O) groups excluding carboxylic acids is 2. The van der Waals surface area contributed by atoms with Crippen LogP contribution in [0.3, 0.4) is 0 Å². The summed E-state index contributed by atoms with van der Waals surface area (Å²) >= 11 is 0. The Morgan fingerprint density at radius 2 is 1.89 bits per heavy atom. The fourth-order valence-corrected chi connectivity index (χ4v) is 4.09. The molecule has 1 atom stereocenters. The zero-order valence-electron chi connectivity index (χ0n) is 16.9. The first-order valence-corrected chi connectivity index (χ1v) is 9.93. The van der Waals surface area contributed by atoms with Crippen molar-refractivity contribution < 1.29 is 9.59 Å². The molecule has 28 heavy (non-hydrogen) atoms. The smallest absolute Gasteiger partial charge is 0.228 e. The maximum Gasteiger partial charge on any atom is 0.228 e. The molecule has 1 N–H and O–H groups in total. The molecular formula is C23H29N3O2. The van der Waals surface area contributed by atoms with Gasteiger partial charge in [-0.2, -0.15) is 0 Å². The van der Waals surface area contributed by atoms with Gasteiger partial charge >= 0.3 is 0 Å². The minimum atomic E-state index is -0.593. The number of carbonyl (C=O) groups is 2. The Kier molecular flexibility index (Phi) is 6.12. The molecule has 1 fully saturated rings. The van der Waals surface area contributed by atoms with Gasteiger partial charge in [-0.25, -0.2) is 0 Å². The molecule has 148 valence electrons. The Hall–Kier alpha value is -2.69. The summed E-state index contributed by atoms with van der Waals surface area (Å²) in [6.07, 6.45) is 5.38. The molecule has 0 unspecified atom stereocenters. The molecule has 1 saturated heterocycles. The lowest BCUT2D eigenvalue weighted by Crippen LogP contribution is -2.44. The van der Waals surface area contributed by atoms with Gasteiger partial charge in [-0.3, -0.25) is 14.6 Å². The lowest BCUT2D eigenvalue weighted by molar-refractivity contribution is -0.133. The second-order valence-corrected chi connectivity index (χ2v) is 8.09. The van der Waals surface area contributed by atoms with Crippen molar-refractivity contribution in [3.8, 4) is 11.1 Å². The van der Waals surface area contributed by atoms with Crippen molar-refractivity contribution in [1.29, 1.82) is 0 Å². The zero-order chi connectivity index (χ0) is 20.1. The molecule has 5 heteroatoms. The van der Waals surface area contributed by atoms with Crippen LogP contribution in [-0.2, 0) is 16.0 Å². The number of amides is 2. The summed E-state index contributed by atoms with van der Waals surface area (Å²) in [7, 11) is 1.68. The normalized spacial score (nSPS) is 19.1. The van der Waals surface area contributed by atoms with Crippen LogP contribution in [0.15, 0.2) is 48.8 Å². The minimum Gasteiger partial charge on any atom is -0.359 e. The van der Waals surface area contributed by atoms with Crippen LogP contribution >= 0.6 is 0 Å². The van der Waals surface area contributed by atoms with Crippen LogP contribution in [0.5, 0.6) is 0 Å². The summed E-state index contributed by atoms with van der Waals surface area (Å²) in [5, 5.41) is 2.84. The molecule has 2 heterocycles. The fourth-order valence-electron chi connectivity index (χ4n) is 4.09. The number of nitrogens with zero attached hydrogens (tertiary/aromatic N) is 2. The third-order valence-corrected chi connectivity index (χ3v) is 5.54. The topological polar surface area (TPSA) is 62.3 Å². The van der Waals surface area contributed by atoms with E-state index in [4.69, 9.17) is 0 Å². The summed E-state index contributed by atoms with van der Waals surface area (Å²) in [4.78, 5) is 31.5. The zero-order valence-corrected chi connectivity index (χ0v) is 16.9. The molecule has 2 amide bonds. The fraction of sp³-hybridized carbons (Fsp3) is 0.435. The third-order valence-electron chi connectivity index (χ3n) is 5.54. The van der Waals surface area contributed by atoms with Gasteiger partial charge in [0.05, 0.1) is 5.41 Å². The number of hydrogen-bond donors (Lipinski definition) is 1. The molecule has 3 rings (SSSR count). The number of hydrogen-bond acceptors (Lipinski definition) is 3. The predicted octanol–water partition coefficient (Wildman–Crippen LogP) is 3.30. The van der Waals surface area contributed by atoms with Gasteiger partial charge in [-0.05, 0) is 47.6 Å². The Labute approximate surface area is 167 Å². The van der Waals surface area contributed by atoms with Gasteiger partial charge in [-0.1, -0.05) is 38.1 Å². The van der Waals surface area contributed by atoms with Crippen molar-refractivity contribution in [2.75, 3.05) is 20.1 Å². The predicted molar refractivity (Wildman–Crippen MR) is 111 cm³/mol. The van der Waals surface area contributed by atoms with Gasteiger partial charge in [0.2, 0.25) is 11.8 Å². The van der Waals surface area contributed by atoms with E-state index in [2.05, 4.69) is 22.4 Å². The van der Waals surface area contributed by atoms with Crippen molar-refractivity contribution >= 4 is 11.8 Å². The van der Waals surface area contributed by atoms with E-state index in [0.29, 0.717) is 38.3 Å². The second kappa shape index (κ2) is 8.55. The van der Waals surface area contributed by atoms with E-state index in [1.165, 1.54) is 0 Å². The largest absolute Gasteiger partial charge is 0.359 e. The quantitative estimate of drug-likeness (QED) is 0.838. The van der Waals surface area contributed by atoms with Crippen molar-refractivity contribution in [1.82, 2.24) is 15.2 Å². The van der Waals surface area contributed by atoms with E-state index in [-0.39, 0.29) is 11.8 Å². The molecule has 0 radical (unpaired) electrons. The highest BCUT2D eigenvalue weighted by atomic mass is 16.2. The number of aromatic nitrogens is 1. The molecule has 1 aromatic carbocycles. The van der Waals surface area contributed by atoms with Crippen LogP contribution in [0.1, 0.15) is 32.3 Å². The first-order chi connectivity index (χ1) is 13.4. The van der Waals surface area contributed by atoms with Gasteiger partial charge < -0.3 is 10.2 Å². The molecule has 1 aliphatic rings. The summed E-state index contributed by atoms with van der Waals surface area (Å²) < 4.78 is 0. The summed E-state index contributed by atoms with van der Waals surface area (Å²) in [5.41, 5.74) is 2.73. The van der Waals surface area contributed by atoms with E-state index in [0.717, 1.165) is 16.7 Å². The second-order valence-electron chi connectivity index (χ2n) is 8.09. The van der Waals surface area contributed by atoms with Crippen LogP contribution in [0, 0.1) is 11.3 Å². The summed E-state index contributed by atoms with van der Waals surface area (Å²) in [5.74, 6) is 0.468. The number of pyridine rings is 1. The van der Waals surface area contributed by atoms with Crippen molar-refractivity contribution in [3.05, 3.63) is 54.4 Å². The Morgan fingerprint density at radius 3 is 2.57 bits per heavy atom. The van der Waals surface area contributed by atoms with E-state index >= 15 is 0 Å². The van der Waals surface area contributed by atoms with Crippen molar-refractivity contribution in [2.24, 2.45) is 11.3 Å². The summed E-state index contributed by atoms with van der Waals surface area (Å²) in [6, 6.07) is 12.2. The van der Waals surface area contributed by atoms with Crippen LogP contribution in [-0.4, -0.2) is 41.8 Å². The van der Waals surface area contributed by atoms with E-state index < -0.39 is 5.41 Å². The number of benzene rings is 1. The lowest BCUT2D eigenvalue weighted by Gasteiger charge is -2.29. The van der Waals surface area contributed by atoms with E-state index in [1.54, 1.807) is 19.4 Å². The van der Waals surface area contributed by atoms with E-state index in [1.807, 2.05) is 43.0 Å². The molecule has 1 aromatic heterocycles. The van der Waals surface area contributed by atoms with Crippen molar-refractivity contribution in [2.45, 2.75) is 33.1 Å². The maximum atomic E-state index is 12.9. The van der Waals surface area contributed by atoms with Crippen LogP contribution in [0.4, 0.5) is 0 Å². The number of nitrogens with one attached hydrogen (secondary N) is 1. The Balaban J connectivity index is 1.90. The van der Waals surface area contributed by atoms with Gasteiger partial charge in [0.1, 0.15) is 0 Å². The van der Waals surface area contributed by atoms with Crippen LogP contribution < -0.4 is 5.32 Å². The monoisotopic (exact) mass is 379 g/mol. The molecule has 2 aromatic rings. The van der Waals surface area contributed by atoms with Crippen molar-refractivity contribution in [3.63, 3.8) is 0 Å². The summed E-state index contributed by atoms with van der Waals surface area (Å²) in [6.45, 7) is 5.20. The maximum absolute atomic E-state index is 12.9. The van der Waals surface area contributed by atoms with E-state index in [9.17, 15) is 9.59 Å². The lowest BCUT2D eigenvalue weighted by atomic mass is 9.78. The molecule has 0 bridgehead atoms. The first-order valence-electron chi connectivity index (χ1n) is 9.93. The average Bonchev–Trinajstić information content (AvgIpc) is 3.13. The first kappa shape index (κ1) is 20.1. The molecule has 0 spiro atoms. The molecule has 1 aliphatic heterocycles. The number of likely N-dealkylation sites (tertiary alicyclic amines) is 1. The Bertz CT molecular complexity index is 835. The van der Waals surface area contributed by atoms with Gasteiger partial charge in [-0.15, -0.1) is 0 Å². The highest BCUT2D eigenvalue weighted by Gasteiger charge is 2.45. The van der Waals surface area contributed by atoms with Crippen LogP contribution in [0.25, 0.3) is 11.1 Å². The average molecular weight is 380 g/mol. The van der Waals surface area contributed by atoms with Gasteiger partial charge in [0, 0.05) is 39.0 Å². The third kappa shape index (κ3) is 4.24. The minimum absolute atomic E-state index is 0.0110. The highest BCUT2D eigenvalue weighted by molar-refractivity contribution is 5.86. The van der Waals surface area contributed by atoms with Gasteiger partial charge in [0.15, 0.2) is 0 Å². The molecule has 5 nitrogen and oxygen atoms in total.